The van der Waals surface area contributed by atoms with E-state index in [4.69, 9.17) is 0 Å². The number of benzene rings is 4. The van der Waals surface area contributed by atoms with E-state index in [-0.39, 0.29) is 30.0 Å². The van der Waals surface area contributed by atoms with Crippen molar-refractivity contribution in [3.05, 3.63) is 90.5 Å². The van der Waals surface area contributed by atoms with Crippen molar-refractivity contribution in [1.82, 2.24) is 15.0 Å². The molecule has 0 saturated carbocycles. The van der Waals surface area contributed by atoms with Gasteiger partial charge in [0.15, 0.2) is 5.16 Å². The Bertz CT molecular complexity index is 2290. The molecule has 0 bridgehead atoms. The van der Waals surface area contributed by atoms with Gasteiger partial charge in [-0.1, -0.05) is 11.8 Å². The highest BCUT2D eigenvalue weighted by Gasteiger charge is 2.18. The van der Waals surface area contributed by atoms with Crippen molar-refractivity contribution in [1.29, 1.82) is 0 Å². The summed E-state index contributed by atoms with van der Waals surface area (Å²) in [7, 11) is -4.84. The number of nitrogens with zero attached hydrogens (tertiary/aromatic N) is 9. The number of halogens is 2. The average molecular weight is 806 g/mol. The Kier molecular flexibility index (Phi) is 14.3. The fourth-order valence-corrected chi connectivity index (χ4v) is 6.55. The lowest BCUT2D eigenvalue weighted by atomic mass is 10.2. The summed E-state index contributed by atoms with van der Waals surface area (Å²) in [6.07, 6.45) is 0. The molecule has 0 fully saturated rings. The second-order valence-electron chi connectivity index (χ2n) is 11.8. The number of aliphatic hydroxyl groups excluding tert-OH is 1. The van der Waals surface area contributed by atoms with Crippen LogP contribution in [-0.2, 0) is 10.1 Å². The summed E-state index contributed by atoms with van der Waals surface area (Å²) >= 11 is 1.21. The molecule has 0 unspecified atom stereocenters. The molecule has 1 heterocycles. The van der Waals surface area contributed by atoms with E-state index in [1.54, 1.807) is 12.1 Å². The van der Waals surface area contributed by atoms with E-state index in [1.165, 1.54) is 42.1 Å². The first-order valence-electron chi connectivity index (χ1n) is 17.6. The first kappa shape index (κ1) is 41.5. The molecule has 4 aromatic carbocycles. The minimum absolute atomic E-state index is 0.0218. The summed E-state index contributed by atoms with van der Waals surface area (Å²) < 4.78 is 60.5. The normalized spacial score (nSPS) is 11.7. The molecular formula is C37H41F2N11O4S2. The Hall–Kier alpha value is -5.63. The van der Waals surface area contributed by atoms with Gasteiger partial charge in [0, 0.05) is 43.3 Å². The third kappa shape index (κ3) is 11.0. The summed E-state index contributed by atoms with van der Waals surface area (Å²) in [6, 6.07) is 19.6. The second kappa shape index (κ2) is 19.3. The largest absolute Gasteiger partial charge is 0.396 e. The highest BCUT2D eigenvalue weighted by atomic mass is 32.2. The average Bonchev–Trinajstić information content (AvgIpc) is 3.18. The molecular weight excluding hydrogens is 765 g/mol. The van der Waals surface area contributed by atoms with Crippen LogP contribution in [0.2, 0.25) is 0 Å². The zero-order valence-corrected chi connectivity index (χ0v) is 32.7. The fraction of sp³-hybridized carbons (Fsp3) is 0.270. The molecule has 0 atom stereocenters. The molecule has 1 aromatic heterocycles. The van der Waals surface area contributed by atoms with Gasteiger partial charge in [0.25, 0.3) is 10.1 Å². The Labute approximate surface area is 327 Å². The van der Waals surface area contributed by atoms with Crippen LogP contribution in [0.3, 0.4) is 0 Å². The number of anilines is 6. The topological polar surface area (TPSA) is 193 Å². The lowest BCUT2D eigenvalue weighted by Crippen LogP contribution is -2.21. The number of nitrogens with one attached hydrogen (secondary N) is 2. The molecule has 5 rings (SSSR count). The third-order valence-electron chi connectivity index (χ3n) is 8.21. The van der Waals surface area contributed by atoms with Crippen LogP contribution >= 0.6 is 11.8 Å². The Morgan fingerprint density at radius 2 is 1.18 bits per heavy atom. The molecule has 0 spiro atoms. The summed E-state index contributed by atoms with van der Waals surface area (Å²) in [5.74, 6) is -0.959. The van der Waals surface area contributed by atoms with Crippen molar-refractivity contribution in [2.75, 3.05) is 59.0 Å². The Balaban J connectivity index is 1.57. The van der Waals surface area contributed by atoms with Crippen LogP contribution in [0, 0.1) is 11.6 Å². The number of rotatable bonds is 18. The lowest BCUT2D eigenvalue weighted by molar-refractivity contribution is 0.322. The summed E-state index contributed by atoms with van der Waals surface area (Å²) in [6.45, 7) is 10.9. The monoisotopic (exact) mass is 805 g/mol. The number of aromatic nitrogens is 3. The Morgan fingerprint density at radius 3 is 1.66 bits per heavy atom. The lowest BCUT2D eigenvalue weighted by Gasteiger charge is -2.22. The number of hydrogen-bond acceptors (Lipinski definition) is 15. The van der Waals surface area contributed by atoms with Gasteiger partial charge < -0.3 is 25.5 Å². The fourth-order valence-electron chi connectivity index (χ4n) is 5.39. The summed E-state index contributed by atoms with van der Waals surface area (Å²) in [5, 5.41) is 33.5. The number of thioether (sulfide) groups is 1. The van der Waals surface area contributed by atoms with Gasteiger partial charge in [-0.15, -0.1) is 10.2 Å². The molecule has 15 nitrogen and oxygen atoms in total. The van der Waals surface area contributed by atoms with Crippen LogP contribution in [0.15, 0.2) is 109 Å². The van der Waals surface area contributed by atoms with Gasteiger partial charge in [0.1, 0.15) is 27.9 Å². The van der Waals surface area contributed by atoms with Gasteiger partial charge in [-0.2, -0.15) is 33.6 Å². The molecule has 0 aliphatic heterocycles. The molecule has 0 amide bonds. The molecule has 0 aliphatic carbocycles. The van der Waals surface area contributed by atoms with E-state index in [9.17, 15) is 26.9 Å². The molecule has 0 saturated heterocycles. The van der Waals surface area contributed by atoms with Crippen molar-refractivity contribution < 1.29 is 26.9 Å². The maximum absolute atomic E-state index is 14.1. The van der Waals surface area contributed by atoms with Crippen LogP contribution < -0.4 is 20.4 Å². The number of aliphatic hydroxyl groups is 1. The SMILES string of the molecule is CCN(CC)c1ccc(N=Nc2ccc(F)cc2)c(Nc2nc(Nc3cc(N(CC)CC)ccc3N=Nc3ccc(F)c(S(=O)(=O)O)c3)nc(SCCO)n2)c1. The quantitative estimate of drug-likeness (QED) is 0.0373. The van der Waals surface area contributed by atoms with Crippen LogP contribution in [0.4, 0.5) is 66.2 Å². The predicted octanol–water partition coefficient (Wildman–Crippen LogP) is 9.49. The first-order valence-corrected chi connectivity index (χ1v) is 20.0. The van der Waals surface area contributed by atoms with Gasteiger partial charge in [-0.25, -0.2) is 8.78 Å². The minimum atomic E-state index is -4.84. The molecule has 56 heavy (non-hydrogen) atoms. The van der Waals surface area contributed by atoms with E-state index >= 15 is 0 Å². The standard InChI is InChI=1S/C37H41F2N11O4S2/c1-5-49(6-2)27-14-17-30(47-45-25-11-9-24(38)10-12-25)32(22-27)40-35-42-36(44-37(43-35)55-20-19-51)41-33-23-28(50(7-3)8-4)15-18-31(33)48-46-26-13-16-29(39)34(21-26)56(52,53)54/h9-18,21-23,51H,5-8,19-20H2,1-4H3,(H,52,53,54)(H2,40,41,42,43,44). The van der Waals surface area contributed by atoms with Crippen molar-refractivity contribution in [2.45, 2.75) is 37.7 Å². The zero-order valence-electron chi connectivity index (χ0n) is 31.1. The smallest absolute Gasteiger partial charge is 0.297 e. The molecule has 5 aromatic rings. The van der Waals surface area contributed by atoms with Crippen molar-refractivity contribution in [3.63, 3.8) is 0 Å². The second-order valence-corrected chi connectivity index (χ2v) is 14.3. The Morgan fingerprint density at radius 1 is 0.679 bits per heavy atom. The van der Waals surface area contributed by atoms with Crippen LogP contribution in [0.25, 0.3) is 0 Å². The van der Waals surface area contributed by atoms with Gasteiger partial charge in [-0.05, 0) is 107 Å². The highest BCUT2D eigenvalue weighted by Crippen LogP contribution is 2.36. The third-order valence-corrected chi connectivity index (χ3v) is 9.91. The number of hydrogen-bond donors (Lipinski definition) is 4. The molecule has 4 N–H and O–H groups in total. The summed E-state index contributed by atoms with van der Waals surface area (Å²) in [4.78, 5) is 17.2. The minimum Gasteiger partial charge on any atom is -0.396 e. The zero-order chi connectivity index (χ0) is 40.2. The van der Waals surface area contributed by atoms with Gasteiger partial charge in [0.2, 0.25) is 11.9 Å². The van der Waals surface area contributed by atoms with Crippen LogP contribution in [0.1, 0.15) is 27.7 Å². The molecule has 19 heteroatoms. The predicted molar refractivity (Wildman–Crippen MR) is 215 cm³/mol. The van der Waals surface area contributed by atoms with E-state index < -0.39 is 20.8 Å². The molecule has 0 radical (unpaired) electrons. The highest BCUT2D eigenvalue weighted by molar-refractivity contribution is 7.99. The van der Waals surface area contributed by atoms with E-state index in [1.807, 2.05) is 52.0 Å². The number of azo groups is 2. The van der Waals surface area contributed by atoms with Crippen molar-refractivity contribution in [3.8, 4) is 0 Å². The maximum Gasteiger partial charge on any atom is 0.297 e. The maximum atomic E-state index is 14.1. The van der Waals surface area contributed by atoms with Crippen LogP contribution in [-0.4, -0.2) is 71.6 Å². The van der Waals surface area contributed by atoms with Gasteiger partial charge in [0.05, 0.1) is 29.4 Å². The van der Waals surface area contributed by atoms with Gasteiger partial charge >= 0.3 is 0 Å². The van der Waals surface area contributed by atoms with E-state index in [0.717, 1.165) is 36.6 Å². The van der Waals surface area contributed by atoms with Crippen molar-refractivity contribution in [2.24, 2.45) is 20.5 Å². The van der Waals surface area contributed by atoms with Crippen molar-refractivity contribution >= 4 is 79.3 Å². The molecule has 0 aliphatic rings. The van der Waals surface area contributed by atoms with Gasteiger partial charge in [-0.3, -0.25) is 4.55 Å². The van der Waals surface area contributed by atoms with E-state index in [2.05, 4.69) is 55.8 Å². The van der Waals surface area contributed by atoms with E-state index in [0.29, 0.717) is 52.4 Å². The van der Waals surface area contributed by atoms with Crippen LogP contribution in [0.5, 0.6) is 0 Å². The first-order chi connectivity index (χ1) is 26.9. The molecule has 294 valence electrons. The summed E-state index contributed by atoms with van der Waals surface area (Å²) in [5.41, 5.74) is 3.89.